The monoisotopic (exact) mass is 208 g/mol. The Morgan fingerprint density at radius 2 is 1.93 bits per heavy atom. The summed E-state index contributed by atoms with van der Waals surface area (Å²) >= 11 is 0. The SMILES string of the molecule is CC#CCCNCC1(N(C)C)CCCC1. The van der Waals surface area contributed by atoms with Crippen LogP contribution in [0.5, 0.6) is 0 Å². The van der Waals surface area contributed by atoms with Crippen LogP contribution in [-0.4, -0.2) is 37.6 Å². The topological polar surface area (TPSA) is 15.3 Å². The molecule has 0 aromatic rings. The smallest absolute Gasteiger partial charge is 0.0327 e. The van der Waals surface area contributed by atoms with Crippen molar-refractivity contribution in [2.75, 3.05) is 27.2 Å². The van der Waals surface area contributed by atoms with Crippen molar-refractivity contribution < 1.29 is 0 Å². The van der Waals surface area contributed by atoms with Gasteiger partial charge in [0.25, 0.3) is 0 Å². The van der Waals surface area contributed by atoms with Crippen molar-refractivity contribution in [1.82, 2.24) is 10.2 Å². The summed E-state index contributed by atoms with van der Waals surface area (Å²) in [6, 6.07) is 0. The fraction of sp³-hybridized carbons (Fsp3) is 0.846. The molecule has 1 rings (SSSR count). The zero-order valence-electron chi connectivity index (χ0n) is 10.4. The van der Waals surface area contributed by atoms with Gasteiger partial charge >= 0.3 is 0 Å². The standard InChI is InChI=1S/C13H24N2/c1-4-5-8-11-14-12-13(15(2)3)9-6-7-10-13/h14H,6-12H2,1-3H3. The van der Waals surface area contributed by atoms with Gasteiger partial charge in [-0.3, -0.25) is 0 Å². The molecule has 0 aromatic carbocycles. The molecule has 0 unspecified atom stereocenters. The molecule has 0 spiro atoms. The van der Waals surface area contributed by atoms with Gasteiger partial charge in [-0.2, -0.15) is 0 Å². The molecule has 0 bridgehead atoms. The van der Waals surface area contributed by atoms with Gasteiger partial charge in [0, 0.05) is 25.0 Å². The lowest BCUT2D eigenvalue weighted by Gasteiger charge is -2.36. The second-order valence-corrected chi connectivity index (χ2v) is 4.68. The van der Waals surface area contributed by atoms with E-state index < -0.39 is 0 Å². The summed E-state index contributed by atoms with van der Waals surface area (Å²) in [6.45, 7) is 4.04. The Balaban J connectivity index is 2.29. The van der Waals surface area contributed by atoms with E-state index in [1.807, 2.05) is 6.92 Å². The van der Waals surface area contributed by atoms with E-state index in [9.17, 15) is 0 Å². The highest BCUT2D eigenvalue weighted by atomic mass is 15.2. The molecule has 0 aliphatic heterocycles. The minimum absolute atomic E-state index is 0.416. The van der Waals surface area contributed by atoms with Crippen LogP contribution < -0.4 is 5.32 Å². The lowest BCUT2D eigenvalue weighted by molar-refractivity contribution is 0.154. The van der Waals surface area contributed by atoms with E-state index in [1.54, 1.807) is 0 Å². The largest absolute Gasteiger partial charge is 0.314 e. The number of likely N-dealkylation sites (N-methyl/N-ethyl adjacent to an activating group) is 1. The normalized spacial score (nSPS) is 18.9. The zero-order chi connectivity index (χ0) is 11.1. The van der Waals surface area contributed by atoms with E-state index in [0.717, 1.165) is 19.5 Å². The molecule has 1 N–H and O–H groups in total. The first-order valence-corrected chi connectivity index (χ1v) is 5.99. The Morgan fingerprint density at radius 1 is 1.27 bits per heavy atom. The lowest BCUT2D eigenvalue weighted by atomic mass is 9.96. The molecule has 1 aliphatic rings. The number of rotatable bonds is 5. The summed E-state index contributed by atoms with van der Waals surface area (Å²) in [5, 5.41) is 3.54. The fourth-order valence-electron chi connectivity index (χ4n) is 2.41. The second-order valence-electron chi connectivity index (χ2n) is 4.68. The number of nitrogens with zero attached hydrogens (tertiary/aromatic N) is 1. The van der Waals surface area contributed by atoms with Crippen LogP contribution in [0, 0.1) is 11.8 Å². The number of hydrogen-bond acceptors (Lipinski definition) is 2. The summed E-state index contributed by atoms with van der Waals surface area (Å²) in [5.74, 6) is 6.02. The lowest BCUT2D eigenvalue weighted by Crippen LogP contribution is -2.49. The summed E-state index contributed by atoms with van der Waals surface area (Å²) in [7, 11) is 4.41. The van der Waals surface area contributed by atoms with Crippen LogP contribution in [0.4, 0.5) is 0 Å². The van der Waals surface area contributed by atoms with Crippen LogP contribution >= 0.6 is 0 Å². The number of nitrogens with one attached hydrogen (secondary N) is 1. The molecule has 0 atom stereocenters. The minimum Gasteiger partial charge on any atom is -0.314 e. The average Bonchev–Trinajstić information content (AvgIpc) is 2.67. The van der Waals surface area contributed by atoms with E-state index in [1.165, 1.54) is 25.7 Å². The van der Waals surface area contributed by atoms with Crippen LogP contribution in [0.2, 0.25) is 0 Å². The van der Waals surface area contributed by atoms with E-state index >= 15 is 0 Å². The van der Waals surface area contributed by atoms with E-state index in [4.69, 9.17) is 0 Å². The maximum Gasteiger partial charge on any atom is 0.0327 e. The van der Waals surface area contributed by atoms with Crippen molar-refractivity contribution in [3.8, 4) is 11.8 Å². The average molecular weight is 208 g/mol. The Labute approximate surface area is 94.4 Å². The van der Waals surface area contributed by atoms with Crippen LogP contribution in [0.15, 0.2) is 0 Å². The van der Waals surface area contributed by atoms with Crippen molar-refractivity contribution >= 4 is 0 Å². The Bertz CT molecular complexity index is 229. The maximum absolute atomic E-state index is 3.54. The molecule has 0 saturated heterocycles. The van der Waals surface area contributed by atoms with Crippen molar-refractivity contribution in [2.45, 2.75) is 44.6 Å². The first-order chi connectivity index (χ1) is 7.21. The molecule has 0 heterocycles. The van der Waals surface area contributed by atoms with E-state index in [2.05, 4.69) is 36.2 Å². The van der Waals surface area contributed by atoms with Crippen LogP contribution in [0.3, 0.4) is 0 Å². The molecule has 0 aromatic heterocycles. The van der Waals surface area contributed by atoms with E-state index in [0.29, 0.717) is 5.54 Å². The van der Waals surface area contributed by atoms with E-state index in [-0.39, 0.29) is 0 Å². The van der Waals surface area contributed by atoms with Gasteiger partial charge in [0.2, 0.25) is 0 Å². The molecular weight excluding hydrogens is 184 g/mol. The van der Waals surface area contributed by atoms with Crippen molar-refractivity contribution in [3.05, 3.63) is 0 Å². The highest BCUT2D eigenvalue weighted by Gasteiger charge is 2.35. The molecule has 2 heteroatoms. The minimum atomic E-state index is 0.416. The third kappa shape index (κ3) is 3.52. The summed E-state index contributed by atoms with van der Waals surface area (Å²) in [5.41, 5.74) is 0.416. The van der Waals surface area contributed by atoms with Gasteiger partial charge in [0.05, 0.1) is 0 Å². The van der Waals surface area contributed by atoms with Crippen molar-refractivity contribution in [3.63, 3.8) is 0 Å². The molecule has 1 saturated carbocycles. The molecule has 1 fully saturated rings. The molecule has 86 valence electrons. The highest BCUT2D eigenvalue weighted by molar-refractivity contribution is 4.97. The van der Waals surface area contributed by atoms with Gasteiger partial charge in [0.15, 0.2) is 0 Å². The van der Waals surface area contributed by atoms with Crippen molar-refractivity contribution in [2.24, 2.45) is 0 Å². The van der Waals surface area contributed by atoms with Crippen LogP contribution in [-0.2, 0) is 0 Å². The zero-order valence-corrected chi connectivity index (χ0v) is 10.4. The quantitative estimate of drug-likeness (QED) is 0.548. The van der Waals surface area contributed by atoms with Gasteiger partial charge in [-0.1, -0.05) is 12.8 Å². The Hall–Kier alpha value is -0.520. The Morgan fingerprint density at radius 3 is 2.47 bits per heavy atom. The predicted octanol–water partition coefficient (Wildman–Crippen LogP) is 1.86. The second kappa shape index (κ2) is 6.15. The third-order valence-corrected chi connectivity index (χ3v) is 3.54. The summed E-state index contributed by atoms with van der Waals surface area (Å²) < 4.78 is 0. The first kappa shape index (κ1) is 12.5. The third-order valence-electron chi connectivity index (χ3n) is 3.54. The number of hydrogen-bond donors (Lipinski definition) is 1. The predicted molar refractivity (Wildman–Crippen MR) is 65.8 cm³/mol. The van der Waals surface area contributed by atoms with Gasteiger partial charge < -0.3 is 10.2 Å². The van der Waals surface area contributed by atoms with Gasteiger partial charge in [-0.15, -0.1) is 11.8 Å². The molecule has 0 amide bonds. The van der Waals surface area contributed by atoms with Crippen LogP contribution in [0.25, 0.3) is 0 Å². The Kier molecular flexibility index (Phi) is 5.14. The molecular formula is C13H24N2. The van der Waals surface area contributed by atoms with Gasteiger partial charge in [0.1, 0.15) is 0 Å². The fourth-order valence-corrected chi connectivity index (χ4v) is 2.41. The molecule has 15 heavy (non-hydrogen) atoms. The summed E-state index contributed by atoms with van der Waals surface area (Å²) in [4.78, 5) is 2.40. The first-order valence-electron chi connectivity index (χ1n) is 5.99. The molecule has 0 radical (unpaired) electrons. The van der Waals surface area contributed by atoms with Crippen molar-refractivity contribution in [1.29, 1.82) is 0 Å². The van der Waals surface area contributed by atoms with Crippen LogP contribution in [0.1, 0.15) is 39.0 Å². The highest BCUT2D eigenvalue weighted by Crippen LogP contribution is 2.32. The molecule has 2 nitrogen and oxygen atoms in total. The summed E-state index contributed by atoms with van der Waals surface area (Å²) in [6.07, 6.45) is 6.42. The van der Waals surface area contributed by atoms with Gasteiger partial charge in [-0.05, 0) is 33.9 Å². The molecule has 1 aliphatic carbocycles. The maximum atomic E-state index is 3.54. The van der Waals surface area contributed by atoms with Gasteiger partial charge in [-0.25, -0.2) is 0 Å².